The summed E-state index contributed by atoms with van der Waals surface area (Å²) in [4.78, 5) is 25.3. The molecular weight excluding hydrogens is 360 g/mol. The maximum atomic E-state index is 12.8. The Labute approximate surface area is 161 Å². The lowest BCUT2D eigenvalue weighted by molar-refractivity contribution is -0.432. The maximum Gasteiger partial charge on any atom is 0.322 e. The maximum absolute atomic E-state index is 12.8. The van der Waals surface area contributed by atoms with Gasteiger partial charge in [-0.05, 0) is 23.7 Å². The molecule has 0 saturated heterocycles. The number of rotatable bonds is 12. The lowest BCUT2D eigenvalue weighted by Gasteiger charge is -2.30. The van der Waals surface area contributed by atoms with E-state index in [9.17, 15) is 9.59 Å². The summed E-state index contributed by atoms with van der Waals surface area (Å²) in [5.41, 5.74) is 0. The van der Waals surface area contributed by atoms with E-state index in [0.717, 1.165) is 0 Å². The molecule has 0 bridgehead atoms. The van der Waals surface area contributed by atoms with Crippen molar-refractivity contribution in [1.29, 1.82) is 0 Å². The molecule has 8 heteroatoms. The van der Waals surface area contributed by atoms with Gasteiger partial charge in [0.2, 0.25) is 0 Å². The zero-order chi connectivity index (χ0) is 20.4. The highest BCUT2D eigenvalue weighted by Gasteiger charge is 2.41. The summed E-state index contributed by atoms with van der Waals surface area (Å²) in [6.45, 7) is 15.6. The van der Waals surface area contributed by atoms with Gasteiger partial charge in [0.1, 0.15) is 11.4 Å². The average Bonchev–Trinajstić information content (AvgIpc) is 2.52. The van der Waals surface area contributed by atoms with Gasteiger partial charge in [0.05, 0.1) is 24.6 Å². The fourth-order valence-electron chi connectivity index (χ4n) is 2.64. The van der Waals surface area contributed by atoms with Crippen LogP contribution in [0.5, 0.6) is 0 Å². The molecule has 7 nitrogen and oxygen atoms in total. The second-order valence-electron chi connectivity index (χ2n) is 7.84. The molecule has 0 spiro atoms. The molecule has 0 saturated carbocycles. The van der Waals surface area contributed by atoms with Crippen LogP contribution in [-0.2, 0) is 28.4 Å². The zero-order valence-corrected chi connectivity index (χ0v) is 17.9. The topological polar surface area (TPSA) is 91.3 Å². The van der Waals surface area contributed by atoms with Crippen LogP contribution in [0.2, 0.25) is 0 Å². The minimum Gasteiger partial charge on any atom is -0.465 e. The van der Waals surface area contributed by atoms with Crippen molar-refractivity contribution >= 4 is 24.0 Å². The number of carbonyl (C=O) groups excluding carboxylic acids is 2. The summed E-state index contributed by atoms with van der Waals surface area (Å²) in [6.07, 6.45) is -0.305. The fourth-order valence-corrected chi connectivity index (χ4v) is 3.44. The Bertz CT molecular complexity index is 416. The SMILES string of the molecule is CC(C)COC(=O)C(C(C)C)C(SOOO)C(=O)OC(C(C)C)C(C)C. The molecule has 0 aromatic carbocycles. The Hall–Kier alpha value is -0.830. The van der Waals surface area contributed by atoms with Crippen LogP contribution in [-0.4, -0.2) is 35.2 Å². The van der Waals surface area contributed by atoms with Crippen LogP contribution in [0.3, 0.4) is 0 Å². The number of ether oxygens (including phenoxy) is 2. The van der Waals surface area contributed by atoms with Crippen LogP contribution < -0.4 is 0 Å². The molecule has 1 N–H and O–H groups in total. The van der Waals surface area contributed by atoms with Crippen molar-refractivity contribution in [3.05, 3.63) is 0 Å². The molecule has 2 unspecified atom stereocenters. The van der Waals surface area contributed by atoms with Gasteiger partial charge in [0.25, 0.3) is 0 Å². The minimum atomic E-state index is -1.03. The molecule has 0 fully saturated rings. The predicted octanol–water partition coefficient (Wildman–Crippen LogP) is 4.12. The molecule has 26 heavy (non-hydrogen) atoms. The smallest absolute Gasteiger partial charge is 0.322 e. The van der Waals surface area contributed by atoms with Crippen LogP contribution in [0.15, 0.2) is 0 Å². The third-order valence-electron chi connectivity index (χ3n) is 3.85. The summed E-state index contributed by atoms with van der Waals surface area (Å²) < 4.78 is 15.5. The van der Waals surface area contributed by atoms with E-state index >= 15 is 0 Å². The second kappa shape index (κ2) is 12.5. The molecule has 0 amide bonds. The van der Waals surface area contributed by atoms with Gasteiger partial charge in [0.15, 0.2) is 0 Å². The number of hydrogen-bond donors (Lipinski definition) is 1. The molecule has 2 atom stereocenters. The molecule has 154 valence electrons. The highest BCUT2D eigenvalue weighted by atomic mass is 32.2. The lowest BCUT2D eigenvalue weighted by atomic mass is 9.91. The van der Waals surface area contributed by atoms with Crippen molar-refractivity contribution in [2.75, 3.05) is 6.61 Å². The van der Waals surface area contributed by atoms with E-state index < -0.39 is 23.1 Å². The Kier molecular flexibility index (Phi) is 12.1. The quantitative estimate of drug-likeness (QED) is 0.229. The van der Waals surface area contributed by atoms with Crippen LogP contribution >= 0.6 is 12.0 Å². The van der Waals surface area contributed by atoms with Crippen LogP contribution in [0, 0.1) is 29.6 Å². The Morgan fingerprint density at radius 2 is 1.42 bits per heavy atom. The summed E-state index contributed by atoms with van der Waals surface area (Å²) in [6, 6.07) is 0. The normalized spacial score (nSPS) is 14.4. The Morgan fingerprint density at radius 1 is 0.885 bits per heavy atom. The Morgan fingerprint density at radius 3 is 1.81 bits per heavy atom. The highest BCUT2D eigenvalue weighted by Crippen LogP contribution is 2.31. The highest BCUT2D eigenvalue weighted by molar-refractivity contribution is 7.96. The lowest BCUT2D eigenvalue weighted by Crippen LogP contribution is -2.41. The molecule has 0 aromatic heterocycles. The van der Waals surface area contributed by atoms with E-state index in [1.165, 1.54) is 0 Å². The van der Waals surface area contributed by atoms with Gasteiger partial charge in [-0.2, -0.15) is 0 Å². The first kappa shape index (κ1) is 25.2. The van der Waals surface area contributed by atoms with Gasteiger partial charge in [-0.25, -0.2) is 5.26 Å². The average molecular weight is 395 g/mol. The first-order valence-corrected chi connectivity index (χ1v) is 9.83. The van der Waals surface area contributed by atoms with Gasteiger partial charge in [0, 0.05) is 0 Å². The largest absolute Gasteiger partial charge is 0.465 e. The van der Waals surface area contributed by atoms with Crippen molar-refractivity contribution < 1.29 is 33.7 Å². The molecule has 0 aliphatic carbocycles. The first-order chi connectivity index (χ1) is 12.0. The predicted molar refractivity (Wildman–Crippen MR) is 99.9 cm³/mol. The van der Waals surface area contributed by atoms with E-state index in [1.807, 2.05) is 55.4 Å². The monoisotopic (exact) mass is 394 g/mol. The van der Waals surface area contributed by atoms with Crippen molar-refractivity contribution in [1.82, 2.24) is 0 Å². The van der Waals surface area contributed by atoms with Crippen LogP contribution in [0.4, 0.5) is 0 Å². The Balaban J connectivity index is 5.43. The van der Waals surface area contributed by atoms with Crippen molar-refractivity contribution in [3.8, 4) is 0 Å². The van der Waals surface area contributed by atoms with Gasteiger partial charge in [-0.3, -0.25) is 9.59 Å². The molecular formula is C18H34O7S. The number of carbonyl (C=O) groups is 2. The third-order valence-corrected chi connectivity index (χ3v) is 4.68. The van der Waals surface area contributed by atoms with Gasteiger partial charge < -0.3 is 9.47 Å². The van der Waals surface area contributed by atoms with Gasteiger partial charge in [-0.15, -0.1) is 4.33 Å². The van der Waals surface area contributed by atoms with Crippen LogP contribution in [0.1, 0.15) is 55.4 Å². The summed E-state index contributed by atoms with van der Waals surface area (Å²) in [5, 5.41) is 11.1. The van der Waals surface area contributed by atoms with E-state index in [-0.39, 0.29) is 36.4 Å². The minimum absolute atomic E-state index is 0.116. The first-order valence-electron chi connectivity index (χ1n) is 9.03. The summed E-state index contributed by atoms with van der Waals surface area (Å²) in [7, 11) is 0. The molecule has 0 aliphatic rings. The van der Waals surface area contributed by atoms with Crippen molar-refractivity contribution in [3.63, 3.8) is 0 Å². The number of esters is 2. The van der Waals surface area contributed by atoms with Crippen LogP contribution in [0.25, 0.3) is 0 Å². The molecule has 0 rings (SSSR count). The van der Waals surface area contributed by atoms with Gasteiger partial charge in [-0.1, -0.05) is 60.4 Å². The summed E-state index contributed by atoms with van der Waals surface area (Å²) in [5.74, 6) is -1.71. The van der Waals surface area contributed by atoms with E-state index in [4.69, 9.17) is 14.7 Å². The van der Waals surface area contributed by atoms with E-state index in [2.05, 4.69) is 9.37 Å². The molecule has 0 radical (unpaired) electrons. The van der Waals surface area contributed by atoms with Gasteiger partial charge >= 0.3 is 11.9 Å². The van der Waals surface area contributed by atoms with E-state index in [1.54, 1.807) is 0 Å². The molecule has 0 heterocycles. The van der Waals surface area contributed by atoms with E-state index in [0.29, 0.717) is 12.0 Å². The second-order valence-corrected chi connectivity index (χ2v) is 8.68. The fraction of sp³-hybridized carbons (Fsp3) is 0.889. The number of hydrogen-bond acceptors (Lipinski definition) is 8. The molecule has 0 aromatic rings. The van der Waals surface area contributed by atoms with Crippen molar-refractivity contribution in [2.45, 2.75) is 66.7 Å². The molecule has 0 aliphatic heterocycles. The van der Waals surface area contributed by atoms with Crippen molar-refractivity contribution in [2.24, 2.45) is 29.6 Å². The zero-order valence-electron chi connectivity index (χ0n) is 17.1. The third kappa shape index (κ3) is 8.70. The summed E-state index contributed by atoms with van der Waals surface area (Å²) >= 11 is 0.546. The standard InChI is InChI=1S/C18H34O7S/c1-10(2)9-22-17(19)14(11(3)4)16(26-25-24-21)18(20)23-15(12(5)6)13(7)8/h10-16,21H,9H2,1-8H3.